The summed E-state index contributed by atoms with van der Waals surface area (Å²) in [5.41, 5.74) is 0.546. The third-order valence-electron chi connectivity index (χ3n) is 1.74. The number of aldehydes is 1. The number of hydrogen-bond donors (Lipinski definition) is 0. The summed E-state index contributed by atoms with van der Waals surface area (Å²) in [6, 6.07) is 9.08. The summed E-state index contributed by atoms with van der Waals surface area (Å²) < 4.78 is 5.35. The second-order valence-electron chi connectivity index (χ2n) is 2.77. The molecule has 0 aliphatic heterocycles. The van der Waals surface area contributed by atoms with E-state index in [0.29, 0.717) is 30.8 Å². The smallest absolute Gasteiger partial charge is 0.153 e. The minimum Gasteiger partial charge on any atom is -0.493 e. The van der Waals surface area contributed by atoms with Crippen LogP contribution in [-0.2, 0) is 0 Å². The molecule has 0 radical (unpaired) electrons. The van der Waals surface area contributed by atoms with Crippen molar-refractivity contribution in [3.63, 3.8) is 0 Å². The van der Waals surface area contributed by atoms with Gasteiger partial charge in [-0.15, -0.1) is 0 Å². The van der Waals surface area contributed by atoms with E-state index in [1.54, 1.807) is 18.2 Å². The number of ether oxygens (including phenoxy) is 1. The van der Waals surface area contributed by atoms with Gasteiger partial charge in [0.05, 0.1) is 18.2 Å². The summed E-state index contributed by atoms with van der Waals surface area (Å²) in [4.78, 5) is 10.6. The summed E-state index contributed by atoms with van der Waals surface area (Å²) in [5.74, 6) is 0.584. The molecular weight excluding hydrogens is 178 g/mol. The average molecular weight is 189 g/mol. The first-order valence-electron chi connectivity index (χ1n) is 4.42. The molecule has 0 atom stereocenters. The van der Waals surface area contributed by atoms with Gasteiger partial charge in [0.25, 0.3) is 0 Å². The Hall–Kier alpha value is -1.82. The Labute approximate surface area is 82.9 Å². The van der Waals surface area contributed by atoms with E-state index < -0.39 is 0 Å². The molecule has 0 amide bonds. The lowest BCUT2D eigenvalue weighted by atomic mass is 10.2. The third-order valence-corrected chi connectivity index (χ3v) is 1.74. The van der Waals surface area contributed by atoms with Crippen LogP contribution < -0.4 is 4.74 Å². The molecule has 14 heavy (non-hydrogen) atoms. The Morgan fingerprint density at radius 1 is 1.43 bits per heavy atom. The first-order chi connectivity index (χ1) is 6.88. The van der Waals surface area contributed by atoms with Crippen molar-refractivity contribution in [2.24, 2.45) is 0 Å². The number of rotatable bonds is 5. The highest BCUT2D eigenvalue weighted by molar-refractivity contribution is 5.79. The van der Waals surface area contributed by atoms with Gasteiger partial charge in [0.15, 0.2) is 6.29 Å². The molecule has 0 aliphatic rings. The van der Waals surface area contributed by atoms with Crippen LogP contribution in [0.3, 0.4) is 0 Å². The zero-order chi connectivity index (χ0) is 10.2. The highest BCUT2D eigenvalue weighted by Crippen LogP contribution is 2.15. The normalized spacial score (nSPS) is 9.07. The Bertz CT molecular complexity index is 341. The van der Waals surface area contributed by atoms with E-state index >= 15 is 0 Å². The van der Waals surface area contributed by atoms with Crippen molar-refractivity contribution in [3.8, 4) is 11.8 Å². The molecule has 3 heteroatoms. The molecule has 3 nitrogen and oxygen atoms in total. The number of unbranched alkanes of at least 4 members (excludes halogenated alkanes) is 1. The number of nitrogens with zero attached hydrogens (tertiary/aromatic N) is 1. The van der Waals surface area contributed by atoms with Gasteiger partial charge in [0, 0.05) is 6.42 Å². The number of para-hydroxylation sites is 1. The molecule has 0 aliphatic carbocycles. The third kappa shape index (κ3) is 2.91. The molecule has 0 fully saturated rings. The van der Waals surface area contributed by atoms with Crippen LogP contribution in [0.2, 0.25) is 0 Å². The van der Waals surface area contributed by atoms with E-state index in [1.165, 1.54) is 0 Å². The largest absolute Gasteiger partial charge is 0.493 e. The van der Waals surface area contributed by atoms with Gasteiger partial charge in [0.1, 0.15) is 5.75 Å². The fourth-order valence-corrected chi connectivity index (χ4v) is 1.04. The summed E-state index contributed by atoms with van der Waals surface area (Å²) in [6.45, 7) is 0.471. The van der Waals surface area contributed by atoms with Gasteiger partial charge in [-0.25, -0.2) is 0 Å². The van der Waals surface area contributed by atoms with Crippen LogP contribution in [0.15, 0.2) is 24.3 Å². The number of benzene rings is 1. The number of hydrogen-bond acceptors (Lipinski definition) is 3. The molecule has 0 N–H and O–H groups in total. The van der Waals surface area contributed by atoms with Crippen LogP contribution in [0.25, 0.3) is 0 Å². The van der Waals surface area contributed by atoms with Crippen molar-refractivity contribution in [2.45, 2.75) is 12.8 Å². The van der Waals surface area contributed by atoms with Gasteiger partial charge < -0.3 is 4.74 Å². The Balaban J connectivity index is 2.50. The SMILES string of the molecule is N#CCCCOc1ccccc1C=O. The first-order valence-corrected chi connectivity index (χ1v) is 4.42. The minimum atomic E-state index is 0.471. The lowest BCUT2D eigenvalue weighted by molar-refractivity contribution is 0.111. The Kier molecular flexibility index (Phi) is 4.22. The van der Waals surface area contributed by atoms with Gasteiger partial charge in [-0.2, -0.15) is 5.26 Å². The van der Waals surface area contributed by atoms with Gasteiger partial charge in [-0.05, 0) is 18.6 Å². The standard InChI is InChI=1S/C11H11NO2/c12-7-3-4-8-14-11-6-2-1-5-10(11)9-13/h1-2,5-6,9H,3-4,8H2. The van der Waals surface area contributed by atoms with E-state index in [9.17, 15) is 4.79 Å². The van der Waals surface area contributed by atoms with Crippen LogP contribution in [0.4, 0.5) is 0 Å². The van der Waals surface area contributed by atoms with E-state index in [1.807, 2.05) is 12.1 Å². The van der Waals surface area contributed by atoms with Gasteiger partial charge in [0.2, 0.25) is 0 Å². The predicted octanol–water partition coefficient (Wildman–Crippen LogP) is 2.18. The number of nitriles is 1. The Morgan fingerprint density at radius 2 is 2.21 bits per heavy atom. The molecule has 72 valence electrons. The van der Waals surface area contributed by atoms with E-state index in [2.05, 4.69) is 0 Å². The van der Waals surface area contributed by atoms with Crippen molar-refractivity contribution in [1.29, 1.82) is 5.26 Å². The highest BCUT2D eigenvalue weighted by Gasteiger charge is 1.99. The molecule has 0 saturated heterocycles. The average Bonchev–Trinajstić information content (AvgIpc) is 2.25. The van der Waals surface area contributed by atoms with Gasteiger partial charge in [-0.1, -0.05) is 12.1 Å². The number of carbonyl (C=O) groups is 1. The summed E-state index contributed by atoms with van der Waals surface area (Å²) >= 11 is 0. The highest BCUT2D eigenvalue weighted by atomic mass is 16.5. The molecule has 0 bridgehead atoms. The number of carbonyl (C=O) groups excluding carboxylic acids is 1. The topological polar surface area (TPSA) is 50.1 Å². The Morgan fingerprint density at radius 3 is 2.93 bits per heavy atom. The van der Waals surface area contributed by atoms with Crippen molar-refractivity contribution >= 4 is 6.29 Å². The zero-order valence-electron chi connectivity index (χ0n) is 7.77. The van der Waals surface area contributed by atoms with Crippen molar-refractivity contribution in [3.05, 3.63) is 29.8 Å². The molecule has 0 saturated carbocycles. The lowest BCUT2D eigenvalue weighted by Gasteiger charge is -2.06. The van der Waals surface area contributed by atoms with E-state index in [-0.39, 0.29) is 0 Å². The van der Waals surface area contributed by atoms with Crippen molar-refractivity contribution < 1.29 is 9.53 Å². The maximum atomic E-state index is 10.6. The fraction of sp³-hybridized carbons (Fsp3) is 0.273. The van der Waals surface area contributed by atoms with Crippen LogP contribution in [-0.4, -0.2) is 12.9 Å². The van der Waals surface area contributed by atoms with Crippen LogP contribution in [0, 0.1) is 11.3 Å². The molecule has 1 aromatic carbocycles. The van der Waals surface area contributed by atoms with Crippen molar-refractivity contribution in [1.82, 2.24) is 0 Å². The molecule has 1 aromatic rings. The van der Waals surface area contributed by atoms with Crippen LogP contribution >= 0.6 is 0 Å². The quantitative estimate of drug-likeness (QED) is 0.527. The monoisotopic (exact) mass is 189 g/mol. The van der Waals surface area contributed by atoms with Gasteiger partial charge >= 0.3 is 0 Å². The lowest BCUT2D eigenvalue weighted by Crippen LogP contribution is -1.99. The maximum Gasteiger partial charge on any atom is 0.153 e. The summed E-state index contributed by atoms with van der Waals surface area (Å²) in [5, 5.41) is 8.30. The maximum absolute atomic E-state index is 10.6. The molecule has 0 heterocycles. The minimum absolute atomic E-state index is 0.471. The van der Waals surface area contributed by atoms with E-state index in [0.717, 1.165) is 6.29 Å². The molecule has 0 unspecified atom stereocenters. The zero-order valence-corrected chi connectivity index (χ0v) is 7.77. The molecular formula is C11H11NO2. The second kappa shape index (κ2) is 5.76. The second-order valence-corrected chi connectivity index (χ2v) is 2.77. The molecule has 0 spiro atoms. The van der Waals surface area contributed by atoms with Crippen molar-refractivity contribution in [2.75, 3.05) is 6.61 Å². The fourth-order valence-electron chi connectivity index (χ4n) is 1.04. The summed E-state index contributed by atoms with van der Waals surface area (Å²) in [6.07, 6.45) is 1.92. The van der Waals surface area contributed by atoms with Gasteiger partial charge in [-0.3, -0.25) is 4.79 Å². The predicted molar refractivity (Wildman–Crippen MR) is 52.2 cm³/mol. The van der Waals surface area contributed by atoms with Crippen LogP contribution in [0.5, 0.6) is 5.75 Å². The van der Waals surface area contributed by atoms with Crippen LogP contribution in [0.1, 0.15) is 23.2 Å². The first kappa shape index (κ1) is 10.3. The molecule has 0 aromatic heterocycles. The van der Waals surface area contributed by atoms with E-state index in [4.69, 9.17) is 10.00 Å². The molecule has 1 rings (SSSR count). The summed E-state index contributed by atoms with van der Waals surface area (Å²) in [7, 11) is 0.